The van der Waals surface area contributed by atoms with Crippen molar-refractivity contribution in [3.05, 3.63) is 64.2 Å². The molecular formula is C26H34ClNO8. The zero-order valence-electron chi connectivity index (χ0n) is 20.4. The molecule has 1 unspecified atom stereocenters. The molecule has 2 aromatic carbocycles. The van der Waals surface area contributed by atoms with Crippen LogP contribution in [-0.4, -0.2) is 96.4 Å². The fourth-order valence-corrected chi connectivity index (χ4v) is 5.19. The first-order valence-corrected chi connectivity index (χ1v) is 12.5. The molecule has 0 radical (unpaired) electrons. The quantitative estimate of drug-likeness (QED) is 0.407. The predicted molar refractivity (Wildman–Crippen MR) is 132 cm³/mol. The highest BCUT2D eigenvalue weighted by Crippen LogP contribution is 2.42. The van der Waals surface area contributed by atoms with Crippen molar-refractivity contribution in [2.75, 3.05) is 46.6 Å². The summed E-state index contributed by atoms with van der Waals surface area (Å²) in [7, 11) is 1.34. The molecule has 4 rings (SSSR count). The molecule has 0 spiro atoms. The van der Waals surface area contributed by atoms with Gasteiger partial charge in [0.1, 0.15) is 30.2 Å². The highest BCUT2D eigenvalue weighted by Gasteiger charge is 2.55. The highest BCUT2D eigenvalue weighted by atomic mass is 35.5. The van der Waals surface area contributed by atoms with Crippen LogP contribution in [0.25, 0.3) is 0 Å². The van der Waals surface area contributed by atoms with Gasteiger partial charge in [0.05, 0.1) is 32.5 Å². The highest BCUT2D eigenvalue weighted by molar-refractivity contribution is 6.31. The number of halogens is 1. The van der Waals surface area contributed by atoms with Gasteiger partial charge in [-0.05, 0) is 42.3 Å². The Morgan fingerprint density at radius 1 is 1.08 bits per heavy atom. The van der Waals surface area contributed by atoms with Crippen LogP contribution < -0.4 is 4.74 Å². The standard InChI is InChI=1S/C26H34ClNO8/c1-3-35-18-7-4-16(5-8-18)22(28-10-12-34-13-11-28)19-14-17(6-9-20(19)27)26(33-2)25(32)24(31)23(30)21(15-29)36-26/h4-9,14,21-25,29-32H,3,10-13,15H2,1-2H3/t21-,22?,23-,24+,25-,26+/m1/s1. The molecule has 10 heteroatoms. The third-order valence-electron chi connectivity index (χ3n) is 6.86. The molecule has 2 aliphatic rings. The summed E-state index contributed by atoms with van der Waals surface area (Å²) in [6.07, 6.45) is -5.87. The van der Waals surface area contributed by atoms with E-state index in [2.05, 4.69) is 4.90 Å². The number of benzene rings is 2. The number of aliphatic hydroxyl groups excluding tert-OH is 4. The van der Waals surface area contributed by atoms with Gasteiger partial charge < -0.3 is 39.4 Å². The molecule has 2 aliphatic heterocycles. The monoisotopic (exact) mass is 523 g/mol. The van der Waals surface area contributed by atoms with E-state index in [0.717, 1.165) is 16.9 Å². The van der Waals surface area contributed by atoms with E-state index >= 15 is 0 Å². The second-order valence-electron chi connectivity index (χ2n) is 8.93. The zero-order valence-corrected chi connectivity index (χ0v) is 21.2. The van der Waals surface area contributed by atoms with Crippen molar-refractivity contribution < 1.29 is 39.4 Å². The van der Waals surface area contributed by atoms with Gasteiger partial charge in [0.25, 0.3) is 0 Å². The lowest BCUT2D eigenvalue weighted by Gasteiger charge is -2.48. The lowest BCUT2D eigenvalue weighted by atomic mass is 9.86. The van der Waals surface area contributed by atoms with Crippen molar-refractivity contribution in [1.82, 2.24) is 4.90 Å². The predicted octanol–water partition coefficient (Wildman–Crippen LogP) is 1.43. The number of ether oxygens (including phenoxy) is 4. The summed E-state index contributed by atoms with van der Waals surface area (Å²) in [6.45, 7) is 4.46. The van der Waals surface area contributed by atoms with Crippen LogP contribution in [0.2, 0.25) is 5.02 Å². The van der Waals surface area contributed by atoms with Crippen LogP contribution >= 0.6 is 11.6 Å². The first kappa shape index (κ1) is 27.3. The maximum absolute atomic E-state index is 11.0. The molecule has 4 N–H and O–H groups in total. The Morgan fingerprint density at radius 3 is 2.39 bits per heavy atom. The Morgan fingerprint density at radius 2 is 1.78 bits per heavy atom. The molecule has 0 bridgehead atoms. The van der Waals surface area contributed by atoms with Crippen LogP contribution in [0.15, 0.2) is 42.5 Å². The molecule has 0 amide bonds. The smallest absolute Gasteiger partial charge is 0.224 e. The zero-order chi connectivity index (χ0) is 25.9. The van der Waals surface area contributed by atoms with Crippen LogP contribution in [0, 0.1) is 0 Å². The number of rotatable bonds is 8. The average Bonchev–Trinajstić information content (AvgIpc) is 2.91. The minimum atomic E-state index is -1.83. The van der Waals surface area contributed by atoms with Gasteiger partial charge in [-0.15, -0.1) is 0 Å². The first-order valence-electron chi connectivity index (χ1n) is 12.1. The Bertz CT molecular complexity index is 1000. The van der Waals surface area contributed by atoms with Gasteiger partial charge in [0.2, 0.25) is 5.79 Å². The summed E-state index contributed by atoms with van der Waals surface area (Å²) < 4.78 is 22.7. The van der Waals surface area contributed by atoms with E-state index in [-0.39, 0.29) is 6.04 Å². The summed E-state index contributed by atoms with van der Waals surface area (Å²) in [4.78, 5) is 2.26. The van der Waals surface area contributed by atoms with E-state index in [0.29, 0.717) is 43.5 Å². The van der Waals surface area contributed by atoms with Gasteiger partial charge in [-0.25, -0.2) is 0 Å². The first-order chi connectivity index (χ1) is 17.4. The van der Waals surface area contributed by atoms with Gasteiger partial charge in [0, 0.05) is 30.8 Å². The summed E-state index contributed by atoms with van der Waals surface area (Å²) >= 11 is 6.76. The van der Waals surface area contributed by atoms with E-state index in [9.17, 15) is 20.4 Å². The Hall–Kier alpha value is -1.79. The number of nitrogens with zero attached hydrogens (tertiary/aromatic N) is 1. The fourth-order valence-electron chi connectivity index (χ4n) is 4.97. The summed E-state index contributed by atoms with van der Waals surface area (Å²) in [5.41, 5.74) is 2.12. The molecular weight excluding hydrogens is 490 g/mol. The van der Waals surface area contributed by atoms with Crippen molar-refractivity contribution in [1.29, 1.82) is 0 Å². The number of hydrogen-bond donors (Lipinski definition) is 4. The molecule has 0 aliphatic carbocycles. The minimum absolute atomic E-state index is 0.254. The van der Waals surface area contributed by atoms with Crippen molar-refractivity contribution >= 4 is 11.6 Å². The Kier molecular flexibility index (Phi) is 8.87. The third kappa shape index (κ3) is 5.13. The van der Waals surface area contributed by atoms with Gasteiger partial charge in [-0.3, -0.25) is 4.90 Å². The normalized spacial score (nSPS) is 30.2. The average molecular weight is 524 g/mol. The molecule has 2 fully saturated rings. The van der Waals surface area contributed by atoms with Crippen LogP contribution in [0.3, 0.4) is 0 Å². The second-order valence-corrected chi connectivity index (χ2v) is 9.33. The molecule has 2 heterocycles. The summed E-state index contributed by atoms with van der Waals surface area (Å²) in [5, 5.41) is 42.0. The topological polar surface area (TPSA) is 121 Å². The molecule has 0 aromatic heterocycles. The molecule has 2 aromatic rings. The third-order valence-corrected chi connectivity index (χ3v) is 7.21. The molecule has 2 saturated heterocycles. The van der Waals surface area contributed by atoms with E-state index in [1.54, 1.807) is 18.2 Å². The summed E-state index contributed by atoms with van der Waals surface area (Å²) in [6, 6.07) is 12.7. The summed E-state index contributed by atoms with van der Waals surface area (Å²) in [5.74, 6) is -1.07. The number of aliphatic hydroxyl groups is 4. The van der Waals surface area contributed by atoms with E-state index in [1.807, 2.05) is 31.2 Å². The van der Waals surface area contributed by atoms with Crippen molar-refractivity contribution in [3.63, 3.8) is 0 Å². The van der Waals surface area contributed by atoms with Crippen molar-refractivity contribution in [2.45, 2.75) is 43.2 Å². The van der Waals surface area contributed by atoms with Crippen molar-refractivity contribution in [3.8, 4) is 5.75 Å². The van der Waals surface area contributed by atoms with Gasteiger partial charge in [-0.1, -0.05) is 29.8 Å². The number of hydrogen-bond acceptors (Lipinski definition) is 9. The van der Waals surface area contributed by atoms with Gasteiger partial charge in [0.15, 0.2) is 0 Å². The van der Waals surface area contributed by atoms with Gasteiger partial charge >= 0.3 is 0 Å². The van der Waals surface area contributed by atoms with Crippen LogP contribution in [-0.2, 0) is 20.0 Å². The molecule has 9 nitrogen and oxygen atoms in total. The number of morpholine rings is 1. The Balaban J connectivity index is 1.80. The maximum Gasteiger partial charge on any atom is 0.224 e. The van der Waals surface area contributed by atoms with Crippen LogP contribution in [0.5, 0.6) is 5.75 Å². The van der Waals surface area contributed by atoms with Gasteiger partial charge in [-0.2, -0.15) is 0 Å². The lowest BCUT2D eigenvalue weighted by molar-refractivity contribution is -0.366. The fraction of sp³-hybridized carbons (Fsp3) is 0.538. The van der Waals surface area contributed by atoms with Crippen molar-refractivity contribution in [2.24, 2.45) is 0 Å². The van der Waals surface area contributed by atoms with E-state index in [4.69, 9.17) is 30.5 Å². The molecule has 36 heavy (non-hydrogen) atoms. The lowest BCUT2D eigenvalue weighted by Crippen LogP contribution is -2.64. The Labute approximate surface area is 215 Å². The largest absolute Gasteiger partial charge is 0.494 e. The molecule has 0 saturated carbocycles. The molecule has 6 atom stereocenters. The second kappa shape index (κ2) is 11.7. The maximum atomic E-state index is 11.0. The minimum Gasteiger partial charge on any atom is -0.494 e. The van der Waals surface area contributed by atoms with E-state index in [1.165, 1.54) is 7.11 Å². The van der Waals surface area contributed by atoms with Crippen LogP contribution in [0.1, 0.15) is 29.7 Å². The van der Waals surface area contributed by atoms with Crippen LogP contribution in [0.4, 0.5) is 0 Å². The number of methoxy groups -OCH3 is 1. The van der Waals surface area contributed by atoms with E-state index < -0.39 is 36.8 Å². The SMILES string of the molecule is CCOc1ccc(C(c2cc([C@]3(OC)O[C@H](CO)[C@@H](O)[C@H](O)[C@H]3O)ccc2Cl)N2CCOCC2)cc1. The molecule has 198 valence electrons.